The van der Waals surface area contributed by atoms with Crippen LogP contribution in [0.15, 0.2) is 47.2 Å². The Morgan fingerprint density at radius 2 is 1.78 bits per heavy atom. The van der Waals surface area contributed by atoms with Crippen molar-refractivity contribution in [3.05, 3.63) is 47.7 Å². The highest BCUT2D eigenvalue weighted by Gasteiger charge is 2.48. The van der Waals surface area contributed by atoms with Crippen molar-refractivity contribution in [3.63, 3.8) is 0 Å². The molecule has 1 aliphatic rings. The third kappa shape index (κ3) is 5.51. The number of ketones is 1. The standard InChI is InChI=1S/C20H23NO6/c1-19(2,3)27-18(25)20(16(22)9-10-17(23)24)11-15(12-21-20)26-13-14-7-5-4-6-8-14/h4-8,11-12H,9-10,13H2,1-3H3,(H,23,24). The lowest BCUT2D eigenvalue weighted by Gasteiger charge is -2.26. The van der Waals surface area contributed by atoms with Crippen molar-refractivity contribution in [2.75, 3.05) is 0 Å². The fourth-order valence-corrected chi connectivity index (χ4v) is 2.41. The average Bonchev–Trinajstić information content (AvgIpc) is 3.03. The third-order valence-corrected chi connectivity index (χ3v) is 3.70. The molecule has 2 rings (SSSR count). The normalized spacial score (nSPS) is 18.7. The van der Waals surface area contributed by atoms with Crippen LogP contribution in [0.5, 0.6) is 0 Å². The van der Waals surface area contributed by atoms with Gasteiger partial charge in [0, 0.05) is 12.5 Å². The van der Waals surface area contributed by atoms with Gasteiger partial charge in [0.05, 0.1) is 12.6 Å². The van der Waals surface area contributed by atoms with Gasteiger partial charge in [0.15, 0.2) is 5.78 Å². The molecule has 0 amide bonds. The number of carboxylic acid groups (broad SMARTS) is 1. The van der Waals surface area contributed by atoms with Crippen molar-refractivity contribution >= 4 is 23.9 Å². The molecule has 0 aliphatic carbocycles. The van der Waals surface area contributed by atoms with Gasteiger partial charge in [0.2, 0.25) is 5.54 Å². The van der Waals surface area contributed by atoms with Gasteiger partial charge in [0.25, 0.3) is 0 Å². The minimum absolute atomic E-state index is 0.242. The largest absolute Gasteiger partial charge is 0.488 e. The predicted octanol–water partition coefficient (Wildman–Crippen LogP) is 2.69. The van der Waals surface area contributed by atoms with E-state index >= 15 is 0 Å². The minimum atomic E-state index is -1.91. The van der Waals surface area contributed by atoms with Crippen LogP contribution in [-0.4, -0.2) is 40.2 Å². The SMILES string of the molecule is CC(C)(C)OC(=O)C1(C(=O)CCC(=O)O)C=C(OCc2ccccc2)C=N1. The van der Waals surface area contributed by atoms with Gasteiger partial charge in [-0.1, -0.05) is 30.3 Å². The minimum Gasteiger partial charge on any atom is -0.488 e. The molecule has 27 heavy (non-hydrogen) atoms. The molecule has 1 aromatic rings. The number of ether oxygens (including phenoxy) is 2. The summed E-state index contributed by atoms with van der Waals surface area (Å²) in [7, 11) is 0. The van der Waals surface area contributed by atoms with Crippen LogP contribution >= 0.6 is 0 Å². The number of hydrogen-bond donors (Lipinski definition) is 1. The molecule has 1 N–H and O–H groups in total. The molecule has 144 valence electrons. The van der Waals surface area contributed by atoms with E-state index in [-0.39, 0.29) is 18.8 Å². The lowest BCUT2D eigenvalue weighted by Crippen LogP contribution is -2.46. The molecule has 1 heterocycles. The van der Waals surface area contributed by atoms with Gasteiger partial charge in [-0.3, -0.25) is 14.6 Å². The number of hydrogen-bond acceptors (Lipinski definition) is 6. The number of aliphatic carboxylic acids is 1. The van der Waals surface area contributed by atoms with Gasteiger partial charge in [-0.15, -0.1) is 0 Å². The van der Waals surface area contributed by atoms with Crippen LogP contribution in [0.2, 0.25) is 0 Å². The van der Waals surface area contributed by atoms with Crippen LogP contribution in [0, 0.1) is 0 Å². The highest BCUT2D eigenvalue weighted by Crippen LogP contribution is 2.28. The first-order valence-corrected chi connectivity index (χ1v) is 8.56. The number of allylic oxidation sites excluding steroid dienone is 1. The quantitative estimate of drug-likeness (QED) is 0.555. The molecule has 7 heteroatoms. The summed E-state index contributed by atoms with van der Waals surface area (Å²) in [4.78, 5) is 40.2. The molecule has 1 unspecified atom stereocenters. The van der Waals surface area contributed by atoms with E-state index in [1.165, 1.54) is 12.3 Å². The van der Waals surface area contributed by atoms with Crippen LogP contribution in [0.25, 0.3) is 0 Å². The van der Waals surface area contributed by atoms with Crippen LogP contribution in [0.3, 0.4) is 0 Å². The Kier molecular flexibility index (Phi) is 6.15. The van der Waals surface area contributed by atoms with Crippen molar-refractivity contribution in [1.29, 1.82) is 0 Å². The molecule has 1 atom stereocenters. The maximum atomic E-state index is 12.7. The lowest BCUT2D eigenvalue weighted by molar-refractivity contribution is -0.162. The van der Waals surface area contributed by atoms with Crippen LogP contribution in [0.4, 0.5) is 0 Å². The summed E-state index contributed by atoms with van der Waals surface area (Å²) in [5, 5.41) is 8.83. The van der Waals surface area contributed by atoms with Crippen LogP contribution in [-0.2, 0) is 30.5 Å². The zero-order valence-electron chi connectivity index (χ0n) is 15.6. The predicted molar refractivity (Wildman–Crippen MR) is 98.3 cm³/mol. The third-order valence-electron chi connectivity index (χ3n) is 3.70. The number of carboxylic acids is 1. The Morgan fingerprint density at radius 3 is 2.37 bits per heavy atom. The molecule has 7 nitrogen and oxygen atoms in total. The first-order valence-electron chi connectivity index (χ1n) is 8.56. The van der Waals surface area contributed by atoms with Gasteiger partial charge >= 0.3 is 11.9 Å². The second-order valence-electron chi connectivity index (χ2n) is 7.16. The van der Waals surface area contributed by atoms with Crippen LogP contribution < -0.4 is 0 Å². The van der Waals surface area contributed by atoms with E-state index in [1.807, 2.05) is 30.3 Å². The Labute approximate surface area is 157 Å². The van der Waals surface area contributed by atoms with Gasteiger partial charge in [0.1, 0.15) is 18.0 Å². The second-order valence-corrected chi connectivity index (χ2v) is 7.16. The molecule has 0 saturated carbocycles. The lowest BCUT2D eigenvalue weighted by atomic mass is 9.91. The number of aliphatic imine (C=N–C) groups is 1. The van der Waals surface area contributed by atoms with Crippen molar-refractivity contribution < 1.29 is 29.0 Å². The summed E-state index contributed by atoms with van der Waals surface area (Å²) in [5.41, 5.74) is -1.82. The maximum absolute atomic E-state index is 12.7. The smallest absolute Gasteiger partial charge is 0.346 e. The van der Waals surface area contributed by atoms with Gasteiger partial charge < -0.3 is 14.6 Å². The van der Waals surface area contributed by atoms with Crippen LogP contribution in [0.1, 0.15) is 39.2 Å². The highest BCUT2D eigenvalue weighted by molar-refractivity contribution is 6.14. The van der Waals surface area contributed by atoms with Crippen molar-refractivity contribution in [2.24, 2.45) is 4.99 Å². The molecule has 1 aromatic carbocycles. The molecule has 0 spiro atoms. The molecule has 0 aromatic heterocycles. The summed E-state index contributed by atoms with van der Waals surface area (Å²) >= 11 is 0. The molecule has 0 bridgehead atoms. The van der Waals surface area contributed by atoms with E-state index in [0.29, 0.717) is 0 Å². The Morgan fingerprint density at radius 1 is 1.11 bits per heavy atom. The number of Topliss-reactive ketones (excluding diaryl/α,β-unsaturated/α-hetero) is 1. The number of carbonyl (C=O) groups is 3. The zero-order chi connectivity index (χ0) is 20.1. The molecule has 1 aliphatic heterocycles. The number of rotatable bonds is 8. The van der Waals surface area contributed by atoms with Gasteiger partial charge in [-0.2, -0.15) is 0 Å². The van der Waals surface area contributed by atoms with Gasteiger partial charge in [-0.25, -0.2) is 4.79 Å². The van der Waals surface area contributed by atoms with E-state index in [0.717, 1.165) is 5.56 Å². The summed E-state index contributed by atoms with van der Waals surface area (Å²) in [6.07, 6.45) is 1.86. The Balaban J connectivity index is 2.21. The van der Waals surface area contributed by atoms with E-state index in [2.05, 4.69) is 4.99 Å². The van der Waals surface area contributed by atoms with E-state index in [4.69, 9.17) is 14.6 Å². The maximum Gasteiger partial charge on any atom is 0.346 e. The number of benzene rings is 1. The Hall–Kier alpha value is -2.96. The average molecular weight is 373 g/mol. The van der Waals surface area contributed by atoms with Gasteiger partial charge in [-0.05, 0) is 26.3 Å². The molecule has 0 saturated heterocycles. The number of nitrogens with zero attached hydrogens (tertiary/aromatic N) is 1. The topological polar surface area (TPSA) is 102 Å². The molecule has 0 radical (unpaired) electrons. The number of carbonyl (C=O) groups excluding carboxylic acids is 2. The first-order chi connectivity index (χ1) is 12.6. The molecular weight excluding hydrogens is 350 g/mol. The zero-order valence-corrected chi connectivity index (χ0v) is 15.6. The second kappa shape index (κ2) is 8.16. The summed E-state index contributed by atoms with van der Waals surface area (Å²) in [6, 6.07) is 9.39. The Bertz CT molecular complexity index is 775. The fraction of sp³-hybridized carbons (Fsp3) is 0.400. The van der Waals surface area contributed by atoms with E-state index in [1.54, 1.807) is 20.8 Å². The number of esters is 1. The molecule has 0 fully saturated rings. The van der Waals surface area contributed by atoms with E-state index in [9.17, 15) is 14.4 Å². The summed E-state index contributed by atoms with van der Waals surface area (Å²) in [6.45, 7) is 5.27. The van der Waals surface area contributed by atoms with Crippen molar-refractivity contribution in [2.45, 2.75) is 51.4 Å². The molecular formula is C20H23NO6. The fourth-order valence-electron chi connectivity index (χ4n) is 2.41. The van der Waals surface area contributed by atoms with E-state index < -0.39 is 35.3 Å². The monoisotopic (exact) mass is 373 g/mol. The summed E-state index contributed by atoms with van der Waals surface area (Å²) in [5.74, 6) is -2.36. The van der Waals surface area contributed by atoms with Crippen molar-refractivity contribution in [3.8, 4) is 0 Å². The summed E-state index contributed by atoms with van der Waals surface area (Å²) < 4.78 is 11.0. The first kappa shape index (κ1) is 20.4. The highest BCUT2D eigenvalue weighted by atomic mass is 16.6. The van der Waals surface area contributed by atoms with Crippen molar-refractivity contribution in [1.82, 2.24) is 0 Å².